The molecule has 2 aromatic rings. The van der Waals surface area contributed by atoms with Crippen molar-refractivity contribution >= 4 is 29.0 Å². The second-order valence-electron chi connectivity index (χ2n) is 6.81. The van der Waals surface area contributed by atoms with Gasteiger partial charge in [0.05, 0.1) is 0 Å². The fraction of sp³-hybridized carbons (Fsp3) is 0.286. The number of piperidine rings is 1. The number of anilines is 2. The van der Waals surface area contributed by atoms with Gasteiger partial charge in [0, 0.05) is 29.9 Å². The lowest BCUT2D eigenvalue weighted by Crippen LogP contribution is -2.35. The highest BCUT2D eigenvalue weighted by Gasteiger charge is 2.20. The van der Waals surface area contributed by atoms with Crippen LogP contribution >= 0.6 is 0 Å². The summed E-state index contributed by atoms with van der Waals surface area (Å²) in [4.78, 5) is 26.2. The number of rotatable bonds is 6. The molecule has 0 aromatic heterocycles. The molecule has 4 N–H and O–H groups in total. The van der Waals surface area contributed by atoms with Gasteiger partial charge in [-0.2, -0.15) is 0 Å². The normalized spacial score (nSPS) is 14.8. The predicted octanol–water partition coefficient (Wildman–Crippen LogP) is 2.91. The molecule has 152 valence electrons. The largest absolute Gasteiger partial charge is 0.481 e. The summed E-state index contributed by atoms with van der Waals surface area (Å²) in [7, 11) is 0. The van der Waals surface area contributed by atoms with Gasteiger partial charge in [-0.15, -0.1) is 0 Å². The van der Waals surface area contributed by atoms with Crippen LogP contribution in [-0.2, 0) is 9.59 Å². The summed E-state index contributed by atoms with van der Waals surface area (Å²) in [5.41, 5.74) is 3.64. The first kappa shape index (κ1) is 20.3. The minimum atomic E-state index is -0.773. The maximum absolute atomic E-state index is 12.4. The van der Waals surface area contributed by atoms with Crippen LogP contribution in [0.2, 0.25) is 0 Å². The van der Waals surface area contributed by atoms with E-state index >= 15 is 0 Å². The third-order valence-electron chi connectivity index (χ3n) is 4.69. The van der Waals surface area contributed by atoms with E-state index in [9.17, 15) is 9.59 Å². The fourth-order valence-corrected chi connectivity index (χ4v) is 3.09. The van der Waals surface area contributed by atoms with Crippen LogP contribution in [0.15, 0.2) is 48.5 Å². The van der Waals surface area contributed by atoms with Crippen molar-refractivity contribution in [2.75, 3.05) is 16.8 Å². The predicted molar refractivity (Wildman–Crippen MR) is 110 cm³/mol. The van der Waals surface area contributed by atoms with Crippen molar-refractivity contribution in [3.05, 3.63) is 54.1 Å². The molecule has 1 unspecified atom stereocenters. The van der Waals surface area contributed by atoms with Crippen molar-refractivity contribution in [2.45, 2.75) is 32.3 Å². The Balaban J connectivity index is 1.59. The number of hydrogen-bond donors (Lipinski definition) is 4. The van der Waals surface area contributed by atoms with Crippen LogP contribution in [0.3, 0.4) is 0 Å². The van der Waals surface area contributed by atoms with Crippen molar-refractivity contribution in [3.8, 4) is 5.75 Å². The molecule has 0 saturated carbocycles. The molecule has 29 heavy (non-hydrogen) atoms. The van der Waals surface area contributed by atoms with Crippen LogP contribution in [0.1, 0.15) is 31.7 Å². The molecule has 2 aromatic carbocycles. The van der Waals surface area contributed by atoms with E-state index in [0.717, 1.165) is 25.1 Å². The van der Waals surface area contributed by atoms with Crippen molar-refractivity contribution in [3.63, 3.8) is 0 Å². The van der Waals surface area contributed by atoms with Crippen molar-refractivity contribution in [1.29, 1.82) is 5.41 Å². The molecule has 0 spiro atoms. The van der Waals surface area contributed by atoms with Gasteiger partial charge in [0.15, 0.2) is 6.10 Å². The van der Waals surface area contributed by atoms with Gasteiger partial charge >= 0.3 is 0 Å². The van der Waals surface area contributed by atoms with Crippen molar-refractivity contribution in [2.24, 2.45) is 0 Å². The van der Waals surface area contributed by atoms with Crippen LogP contribution in [0, 0.1) is 5.41 Å². The molecular weight excluding hydrogens is 372 g/mol. The topological polar surface area (TPSA) is 115 Å². The Labute approximate surface area is 168 Å². The Kier molecular flexibility index (Phi) is 6.46. The van der Waals surface area contributed by atoms with E-state index < -0.39 is 6.10 Å². The average molecular weight is 396 g/mol. The molecule has 1 atom stereocenters. The number of ether oxygens (including phenoxy) is 1. The first-order chi connectivity index (χ1) is 14.0. The Hall–Kier alpha value is -3.39. The second-order valence-corrected chi connectivity index (χ2v) is 6.81. The number of amides is 2. The molecule has 8 heteroatoms. The van der Waals surface area contributed by atoms with Gasteiger partial charge in [-0.25, -0.2) is 0 Å². The van der Waals surface area contributed by atoms with Crippen molar-refractivity contribution < 1.29 is 19.5 Å². The van der Waals surface area contributed by atoms with E-state index in [-0.39, 0.29) is 17.6 Å². The maximum Gasteiger partial charge on any atom is 0.265 e. The zero-order chi connectivity index (χ0) is 20.8. The smallest absolute Gasteiger partial charge is 0.265 e. The van der Waals surface area contributed by atoms with E-state index in [4.69, 9.17) is 15.4 Å². The summed E-state index contributed by atoms with van der Waals surface area (Å²) in [6.07, 6.45) is 1.73. The zero-order valence-corrected chi connectivity index (χ0v) is 16.1. The molecule has 0 radical (unpaired) electrons. The van der Waals surface area contributed by atoms with Gasteiger partial charge in [-0.3, -0.25) is 25.7 Å². The first-order valence-corrected chi connectivity index (χ1v) is 9.45. The molecule has 1 aliphatic heterocycles. The average Bonchev–Trinajstić information content (AvgIpc) is 2.74. The minimum absolute atomic E-state index is 0.127. The lowest BCUT2D eigenvalue weighted by atomic mass is 10.1. The minimum Gasteiger partial charge on any atom is -0.481 e. The Morgan fingerprint density at radius 1 is 1.21 bits per heavy atom. The number of hydroxylamine groups is 1. The Bertz CT molecular complexity index is 898. The van der Waals surface area contributed by atoms with E-state index in [1.54, 1.807) is 53.7 Å². The molecule has 1 fully saturated rings. The SMILES string of the molecule is CC(Oc1cccc(C(=N)NO)c1)C(=O)Nc1ccc(N2CCCCC2=O)cc1. The van der Waals surface area contributed by atoms with Crippen molar-refractivity contribution in [1.82, 2.24) is 5.48 Å². The van der Waals surface area contributed by atoms with Crippen LogP contribution < -0.4 is 20.4 Å². The summed E-state index contributed by atoms with van der Waals surface area (Å²) in [6, 6.07) is 13.7. The molecular formula is C21H24N4O4. The second kappa shape index (κ2) is 9.20. The number of nitrogens with one attached hydrogen (secondary N) is 3. The van der Waals surface area contributed by atoms with Gasteiger partial charge in [0.25, 0.3) is 5.91 Å². The summed E-state index contributed by atoms with van der Waals surface area (Å²) in [5, 5.41) is 19.2. The van der Waals surface area contributed by atoms with Gasteiger partial charge in [-0.05, 0) is 56.2 Å². The third-order valence-corrected chi connectivity index (χ3v) is 4.69. The first-order valence-electron chi connectivity index (χ1n) is 9.45. The maximum atomic E-state index is 12.4. The Morgan fingerprint density at radius 3 is 2.66 bits per heavy atom. The lowest BCUT2D eigenvalue weighted by molar-refractivity contribution is -0.122. The van der Waals surface area contributed by atoms with E-state index in [1.807, 2.05) is 12.1 Å². The molecule has 1 heterocycles. The number of hydrogen-bond acceptors (Lipinski definition) is 5. The summed E-state index contributed by atoms with van der Waals surface area (Å²) < 4.78 is 5.65. The number of amidine groups is 1. The van der Waals surface area contributed by atoms with Gasteiger partial charge in [-0.1, -0.05) is 12.1 Å². The number of nitrogens with zero attached hydrogens (tertiary/aromatic N) is 1. The Morgan fingerprint density at radius 2 is 1.97 bits per heavy atom. The molecule has 1 saturated heterocycles. The zero-order valence-electron chi connectivity index (χ0n) is 16.1. The summed E-state index contributed by atoms with van der Waals surface area (Å²) in [6.45, 7) is 2.34. The molecule has 1 aliphatic rings. The summed E-state index contributed by atoms with van der Waals surface area (Å²) >= 11 is 0. The third kappa shape index (κ3) is 5.11. The highest BCUT2D eigenvalue weighted by Crippen LogP contribution is 2.23. The van der Waals surface area contributed by atoms with E-state index in [2.05, 4.69) is 5.32 Å². The fourth-order valence-electron chi connectivity index (χ4n) is 3.09. The molecule has 3 rings (SSSR count). The number of benzene rings is 2. The highest BCUT2D eigenvalue weighted by atomic mass is 16.5. The van der Waals surface area contributed by atoms with Crippen LogP contribution in [-0.4, -0.2) is 35.5 Å². The molecule has 2 amide bonds. The highest BCUT2D eigenvalue weighted by molar-refractivity contribution is 5.97. The molecule has 0 bridgehead atoms. The number of carbonyl (C=O) groups is 2. The monoisotopic (exact) mass is 396 g/mol. The quantitative estimate of drug-likeness (QED) is 0.340. The van der Waals surface area contributed by atoms with E-state index in [0.29, 0.717) is 23.4 Å². The summed E-state index contributed by atoms with van der Waals surface area (Å²) in [5.74, 6) is 0.0401. The molecule has 0 aliphatic carbocycles. The van der Waals surface area contributed by atoms with Crippen LogP contribution in [0.5, 0.6) is 5.75 Å². The lowest BCUT2D eigenvalue weighted by Gasteiger charge is -2.27. The van der Waals surface area contributed by atoms with Gasteiger partial charge in [0.1, 0.15) is 11.6 Å². The van der Waals surface area contributed by atoms with E-state index in [1.165, 1.54) is 0 Å². The van der Waals surface area contributed by atoms with Crippen LogP contribution in [0.25, 0.3) is 0 Å². The standard InChI is InChI=1S/C21H24N4O4/c1-14(29-18-6-4-5-15(13-18)20(22)24-28)21(27)23-16-8-10-17(11-9-16)25-12-3-2-7-19(25)26/h4-6,8-11,13-14,28H,2-3,7,12H2,1H3,(H2,22,24)(H,23,27). The van der Waals surface area contributed by atoms with Gasteiger partial charge < -0.3 is 15.0 Å². The van der Waals surface area contributed by atoms with Crippen LogP contribution in [0.4, 0.5) is 11.4 Å². The molecule has 8 nitrogen and oxygen atoms in total. The van der Waals surface area contributed by atoms with Gasteiger partial charge in [0.2, 0.25) is 5.91 Å². The number of carbonyl (C=O) groups excluding carboxylic acids is 2.